The summed E-state index contributed by atoms with van der Waals surface area (Å²) in [6.45, 7) is 0.776. The van der Waals surface area contributed by atoms with Crippen LogP contribution in [0.25, 0.3) is 0 Å². The molecule has 2 aromatic carbocycles. The van der Waals surface area contributed by atoms with Crippen LogP contribution < -0.4 is 10.9 Å². The van der Waals surface area contributed by atoms with Gasteiger partial charge in [-0.05, 0) is 41.5 Å². The number of benzene rings is 2. The van der Waals surface area contributed by atoms with E-state index in [1.807, 2.05) is 16.7 Å². The van der Waals surface area contributed by atoms with Crippen molar-refractivity contribution in [2.75, 3.05) is 6.54 Å². The number of nitrogens with one attached hydrogen (secondary N) is 1. The topological polar surface area (TPSA) is 92.7 Å². The van der Waals surface area contributed by atoms with Crippen molar-refractivity contribution in [2.45, 2.75) is 25.7 Å². The Morgan fingerprint density at radius 1 is 1.00 bits per heavy atom. The molecule has 2 heterocycles. The lowest BCUT2D eigenvalue weighted by Crippen LogP contribution is -2.28. The van der Waals surface area contributed by atoms with Crippen molar-refractivity contribution < 1.29 is 18.0 Å². The molecule has 7 nitrogen and oxygen atoms in total. The molecule has 188 valence electrons. The lowest BCUT2D eigenvalue weighted by atomic mass is 10.1. The highest BCUT2D eigenvalue weighted by molar-refractivity contribution is 5.93. The van der Waals surface area contributed by atoms with Crippen LogP contribution in [0.3, 0.4) is 0 Å². The number of carbonyl (C=O) groups excluding carboxylic acids is 1. The zero-order valence-corrected chi connectivity index (χ0v) is 19.6. The van der Waals surface area contributed by atoms with Crippen molar-refractivity contribution in [2.24, 2.45) is 0 Å². The van der Waals surface area contributed by atoms with E-state index < -0.39 is 23.2 Å². The SMILES string of the molecule is N#Cc1ccc(Cn2cncc2CCNC(=O)c2ccc(=O)n(Cc3cccc(C(F)(F)F)c3)c2)cc1. The van der Waals surface area contributed by atoms with Crippen LogP contribution in [0.5, 0.6) is 0 Å². The Bertz CT molecular complexity index is 1500. The van der Waals surface area contributed by atoms with E-state index in [9.17, 15) is 22.8 Å². The molecule has 0 radical (unpaired) electrons. The van der Waals surface area contributed by atoms with Gasteiger partial charge >= 0.3 is 6.18 Å². The Balaban J connectivity index is 1.37. The molecule has 0 bridgehead atoms. The fourth-order valence-electron chi connectivity index (χ4n) is 3.82. The monoisotopic (exact) mass is 505 g/mol. The van der Waals surface area contributed by atoms with Crippen molar-refractivity contribution in [1.29, 1.82) is 5.26 Å². The predicted molar refractivity (Wildman–Crippen MR) is 130 cm³/mol. The molecule has 0 aliphatic carbocycles. The molecule has 0 fully saturated rings. The van der Waals surface area contributed by atoms with Crippen LogP contribution >= 0.6 is 0 Å². The molecule has 10 heteroatoms. The maximum Gasteiger partial charge on any atom is 0.416 e. The van der Waals surface area contributed by atoms with Crippen LogP contribution in [0, 0.1) is 11.3 Å². The maximum atomic E-state index is 13.0. The number of halogens is 3. The fraction of sp³-hybridized carbons (Fsp3) is 0.185. The molecular formula is C27H22F3N5O2. The first-order chi connectivity index (χ1) is 17.7. The molecule has 4 aromatic rings. The van der Waals surface area contributed by atoms with Crippen molar-refractivity contribution >= 4 is 5.91 Å². The molecular weight excluding hydrogens is 483 g/mol. The first-order valence-electron chi connectivity index (χ1n) is 11.4. The number of alkyl halides is 3. The lowest BCUT2D eigenvalue weighted by Gasteiger charge is -2.12. The number of nitriles is 1. The highest BCUT2D eigenvalue weighted by Gasteiger charge is 2.30. The van der Waals surface area contributed by atoms with Gasteiger partial charge in [-0.25, -0.2) is 4.98 Å². The first kappa shape index (κ1) is 25.4. The molecule has 1 amide bonds. The second kappa shape index (κ2) is 11.0. The minimum atomic E-state index is -4.49. The summed E-state index contributed by atoms with van der Waals surface area (Å²) >= 11 is 0. The summed E-state index contributed by atoms with van der Waals surface area (Å²) in [5.74, 6) is -0.407. The molecule has 1 N–H and O–H groups in total. The van der Waals surface area contributed by atoms with Gasteiger partial charge in [-0.3, -0.25) is 9.59 Å². The average Bonchev–Trinajstić information content (AvgIpc) is 3.32. The minimum absolute atomic E-state index is 0.0988. The van der Waals surface area contributed by atoms with Gasteiger partial charge in [-0.2, -0.15) is 18.4 Å². The van der Waals surface area contributed by atoms with E-state index >= 15 is 0 Å². The fourth-order valence-corrected chi connectivity index (χ4v) is 3.82. The summed E-state index contributed by atoms with van der Waals surface area (Å²) in [6, 6.07) is 16.7. The molecule has 0 unspecified atom stereocenters. The van der Waals surface area contributed by atoms with E-state index in [1.54, 1.807) is 24.7 Å². The molecule has 37 heavy (non-hydrogen) atoms. The van der Waals surface area contributed by atoms with Crippen molar-refractivity contribution in [3.8, 4) is 6.07 Å². The van der Waals surface area contributed by atoms with E-state index in [0.717, 1.165) is 23.4 Å². The molecule has 0 aliphatic rings. The van der Waals surface area contributed by atoms with Crippen molar-refractivity contribution in [3.63, 3.8) is 0 Å². The number of aromatic nitrogens is 3. The number of hydrogen-bond acceptors (Lipinski definition) is 4. The van der Waals surface area contributed by atoms with Crippen molar-refractivity contribution in [3.05, 3.63) is 123 Å². The summed E-state index contributed by atoms with van der Waals surface area (Å²) in [6.07, 6.45) is 0.767. The number of amides is 1. The number of hydrogen-bond donors (Lipinski definition) is 1. The van der Waals surface area contributed by atoms with Crippen LogP contribution in [0.15, 0.2) is 84.2 Å². The van der Waals surface area contributed by atoms with Crippen LogP contribution in [0.2, 0.25) is 0 Å². The van der Waals surface area contributed by atoms with Crippen molar-refractivity contribution in [1.82, 2.24) is 19.4 Å². The summed E-state index contributed by atoms with van der Waals surface area (Å²) < 4.78 is 42.2. The molecule has 4 rings (SSSR count). The Hall–Kier alpha value is -4.65. The zero-order valence-electron chi connectivity index (χ0n) is 19.6. The number of pyridine rings is 1. The lowest BCUT2D eigenvalue weighted by molar-refractivity contribution is -0.137. The van der Waals surface area contributed by atoms with E-state index in [0.29, 0.717) is 30.6 Å². The first-order valence-corrected chi connectivity index (χ1v) is 11.4. The second-order valence-electron chi connectivity index (χ2n) is 8.41. The molecule has 0 aliphatic heterocycles. The molecule has 0 atom stereocenters. The summed E-state index contributed by atoms with van der Waals surface area (Å²) in [4.78, 5) is 29.1. The Morgan fingerprint density at radius 3 is 2.49 bits per heavy atom. The molecule has 0 spiro atoms. The van der Waals surface area contributed by atoms with Gasteiger partial charge < -0.3 is 14.5 Å². The number of imidazole rings is 1. The van der Waals surface area contributed by atoms with Gasteiger partial charge in [0.15, 0.2) is 0 Å². The van der Waals surface area contributed by atoms with Crippen LogP contribution in [0.4, 0.5) is 13.2 Å². The number of carbonyl (C=O) groups is 1. The highest BCUT2D eigenvalue weighted by atomic mass is 19.4. The molecule has 0 saturated carbocycles. The summed E-state index contributed by atoms with van der Waals surface area (Å²) in [7, 11) is 0. The molecule has 0 saturated heterocycles. The van der Waals surface area contributed by atoms with Gasteiger partial charge in [0.2, 0.25) is 0 Å². The average molecular weight is 506 g/mol. The second-order valence-corrected chi connectivity index (χ2v) is 8.41. The van der Waals surface area contributed by atoms with Crippen LogP contribution in [0.1, 0.15) is 38.3 Å². The van der Waals surface area contributed by atoms with E-state index in [4.69, 9.17) is 5.26 Å². The number of rotatable bonds is 8. The Kier molecular flexibility index (Phi) is 7.53. The van der Waals surface area contributed by atoms with E-state index in [2.05, 4.69) is 16.4 Å². The maximum absolute atomic E-state index is 13.0. The highest BCUT2D eigenvalue weighted by Crippen LogP contribution is 2.29. The van der Waals surface area contributed by atoms with E-state index in [1.165, 1.54) is 35.0 Å². The number of nitrogens with zero attached hydrogens (tertiary/aromatic N) is 4. The van der Waals surface area contributed by atoms with Gasteiger partial charge in [0, 0.05) is 43.7 Å². The third-order valence-corrected chi connectivity index (χ3v) is 5.75. The molecule has 2 aromatic heterocycles. The predicted octanol–water partition coefficient (Wildman–Crippen LogP) is 4.00. The summed E-state index contributed by atoms with van der Waals surface area (Å²) in [5.41, 5.74) is 1.77. The Morgan fingerprint density at radius 2 is 1.76 bits per heavy atom. The standard InChI is InChI=1S/C27H22F3N5O2/c28-27(29,30)23-3-1-2-21(12-23)16-34-17-22(8-9-25(34)36)26(37)33-11-10-24-14-32-18-35(24)15-20-6-4-19(13-31)5-7-20/h1-9,12,14,17-18H,10-11,15-16H2,(H,33,37). The third kappa shape index (κ3) is 6.52. The Labute approximate surface area is 210 Å². The van der Waals surface area contributed by atoms with E-state index in [-0.39, 0.29) is 12.1 Å². The van der Waals surface area contributed by atoms with Crippen LogP contribution in [-0.4, -0.2) is 26.6 Å². The van der Waals surface area contributed by atoms with Gasteiger partial charge in [0.25, 0.3) is 11.5 Å². The van der Waals surface area contributed by atoms with Crippen LogP contribution in [-0.2, 0) is 25.7 Å². The van der Waals surface area contributed by atoms with Gasteiger partial charge in [-0.1, -0.05) is 24.3 Å². The third-order valence-electron chi connectivity index (χ3n) is 5.75. The largest absolute Gasteiger partial charge is 0.416 e. The quantitative estimate of drug-likeness (QED) is 0.392. The smallest absolute Gasteiger partial charge is 0.352 e. The van der Waals surface area contributed by atoms with Gasteiger partial charge in [0.1, 0.15) is 0 Å². The zero-order chi connectivity index (χ0) is 26.4. The van der Waals surface area contributed by atoms with Gasteiger partial charge in [-0.15, -0.1) is 0 Å². The van der Waals surface area contributed by atoms with Gasteiger partial charge in [0.05, 0.1) is 35.6 Å². The minimum Gasteiger partial charge on any atom is -0.352 e. The normalized spacial score (nSPS) is 11.2. The summed E-state index contributed by atoms with van der Waals surface area (Å²) in [5, 5.41) is 11.7.